The summed E-state index contributed by atoms with van der Waals surface area (Å²) in [6, 6.07) is 0. The number of carbonyl (C=O) groups is 1. The molecule has 1 saturated heterocycles. The lowest BCUT2D eigenvalue weighted by molar-refractivity contribution is 0.0659. The van der Waals surface area contributed by atoms with E-state index >= 15 is 0 Å². The van der Waals surface area contributed by atoms with Crippen LogP contribution in [0.2, 0.25) is 0 Å². The van der Waals surface area contributed by atoms with E-state index in [4.69, 9.17) is 0 Å². The summed E-state index contributed by atoms with van der Waals surface area (Å²) in [5, 5.41) is 6.78. The molecule has 1 aromatic heterocycles. The van der Waals surface area contributed by atoms with E-state index in [1.54, 1.807) is 0 Å². The molecule has 0 spiro atoms. The monoisotopic (exact) mass is 236 g/mol. The average Bonchev–Trinajstić information content (AvgIpc) is 2.86. The molecule has 1 fully saturated rings. The van der Waals surface area contributed by atoms with Crippen molar-refractivity contribution >= 4 is 5.91 Å². The number of carbonyl (C=O) groups excluding carboxylic acids is 1. The number of aryl methyl sites for hydroxylation is 1. The predicted molar refractivity (Wildman–Crippen MR) is 64.7 cm³/mol. The third-order valence-corrected chi connectivity index (χ3v) is 3.44. The molecule has 0 bridgehead atoms. The minimum absolute atomic E-state index is 0.0286. The number of aromatic nitrogens is 3. The molecule has 17 heavy (non-hydrogen) atoms. The van der Waals surface area contributed by atoms with E-state index in [-0.39, 0.29) is 5.91 Å². The first kappa shape index (κ1) is 12.1. The van der Waals surface area contributed by atoms with Gasteiger partial charge in [0.15, 0.2) is 0 Å². The Bertz CT molecular complexity index is 388. The Kier molecular flexibility index (Phi) is 3.76. The number of piperidine rings is 1. The van der Waals surface area contributed by atoms with Gasteiger partial charge in [0.25, 0.3) is 5.91 Å². The Hall–Kier alpha value is -1.39. The highest BCUT2D eigenvalue weighted by atomic mass is 16.2. The van der Waals surface area contributed by atoms with Crippen LogP contribution in [0.1, 0.15) is 49.6 Å². The quantitative estimate of drug-likeness (QED) is 0.867. The number of likely N-dealkylation sites (tertiary alicyclic amines) is 1. The standard InChI is InChI=1S/C12H20N4O/c1-3-9-6-5-7-16(8-9)12(17)11-13-10(4-2)14-15-11/h9H,3-8H2,1-2H3,(H,13,14,15). The Morgan fingerprint density at radius 2 is 2.35 bits per heavy atom. The summed E-state index contributed by atoms with van der Waals surface area (Å²) in [6.45, 7) is 5.86. The van der Waals surface area contributed by atoms with Crippen LogP contribution in [0.25, 0.3) is 0 Å². The van der Waals surface area contributed by atoms with Gasteiger partial charge in [-0.25, -0.2) is 4.98 Å². The summed E-state index contributed by atoms with van der Waals surface area (Å²) in [7, 11) is 0. The maximum Gasteiger partial charge on any atom is 0.293 e. The minimum atomic E-state index is -0.0286. The van der Waals surface area contributed by atoms with Crippen molar-refractivity contribution in [1.29, 1.82) is 0 Å². The van der Waals surface area contributed by atoms with Crippen molar-refractivity contribution < 1.29 is 4.79 Å². The van der Waals surface area contributed by atoms with Crippen molar-refractivity contribution in [2.75, 3.05) is 13.1 Å². The Morgan fingerprint density at radius 1 is 1.53 bits per heavy atom. The zero-order valence-electron chi connectivity index (χ0n) is 10.6. The first-order valence-corrected chi connectivity index (χ1v) is 6.45. The van der Waals surface area contributed by atoms with Crippen LogP contribution in [-0.2, 0) is 6.42 Å². The molecular formula is C12H20N4O. The van der Waals surface area contributed by atoms with Gasteiger partial charge < -0.3 is 4.90 Å². The van der Waals surface area contributed by atoms with Crippen molar-refractivity contribution in [2.45, 2.75) is 39.5 Å². The van der Waals surface area contributed by atoms with E-state index in [2.05, 4.69) is 22.1 Å². The van der Waals surface area contributed by atoms with E-state index < -0.39 is 0 Å². The summed E-state index contributed by atoms with van der Waals surface area (Å²) in [4.78, 5) is 18.3. The van der Waals surface area contributed by atoms with Crippen molar-refractivity contribution in [3.63, 3.8) is 0 Å². The van der Waals surface area contributed by atoms with Gasteiger partial charge in [0.1, 0.15) is 5.82 Å². The number of rotatable bonds is 3. The molecule has 1 unspecified atom stereocenters. The third-order valence-electron chi connectivity index (χ3n) is 3.44. The normalized spacial score (nSPS) is 20.6. The van der Waals surface area contributed by atoms with Crippen molar-refractivity contribution in [2.24, 2.45) is 5.92 Å². The maximum absolute atomic E-state index is 12.2. The zero-order chi connectivity index (χ0) is 12.3. The molecule has 1 amide bonds. The molecule has 1 aliphatic rings. The fourth-order valence-corrected chi connectivity index (χ4v) is 2.27. The highest BCUT2D eigenvalue weighted by Crippen LogP contribution is 2.20. The predicted octanol–water partition coefficient (Wildman–Crippen LogP) is 1.63. The van der Waals surface area contributed by atoms with Gasteiger partial charge in [0, 0.05) is 19.5 Å². The van der Waals surface area contributed by atoms with E-state index in [0.717, 1.165) is 38.2 Å². The summed E-state index contributed by atoms with van der Waals surface area (Å²) in [5.41, 5.74) is 0. The Labute approximate surface area is 102 Å². The van der Waals surface area contributed by atoms with Crippen LogP contribution in [0.5, 0.6) is 0 Å². The van der Waals surface area contributed by atoms with Gasteiger partial charge in [0.2, 0.25) is 5.82 Å². The summed E-state index contributed by atoms with van der Waals surface area (Å²) in [5.74, 6) is 1.70. The molecule has 0 aromatic carbocycles. The van der Waals surface area contributed by atoms with Crippen molar-refractivity contribution in [3.8, 4) is 0 Å². The lowest BCUT2D eigenvalue weighted by Gasteiger charge is -2.31. The maximum atomic E-state index is 12.2. The summed E-state index contributed by atoms with van der Waals surface area (Å²) < 4.78 is 0. The van der Waals surface area contributed by atoms with E-state index in [9.17, 15) is 4.79 Å². The smallest absolute Gasteiger partial charge is 0.293 e. The second-order valence-corrected chi connectivity index (χ2v) is 4.63. The van der Waals surface area contributed by atoms with Crippen LogP contribution in [0.4, 0.5) is 0 Å². The molecule has 1 aliphatic heterocycles. The number of nitrogens with zero attached hydrogens (tertiary/aromatic N) is 3. The highest BCUT2D eigenvalue weighted by molar-refractivity contribution is 5.90. The molecule has 5 nitrogen and oxygen atoms in total. The SMILES string of the molecule is CCc1nc(C(=O)N2CCCC(CC)C2)n[nH]1. The van der Waals surface area contributed by atoms with Crippen molar-refractivity contribution in [1.82, 2.24) is 20.1 Å². The Balaban J connectivity index is 2.03. The first-order valence-electron chi connectivity index (χ1n) is 6.45. The first-order chi connectivity index (χ1) is 8.24. The topological polar surface area (TPSA) is 61.9 Å². The molecule has 2 heterocycles. The molecule has 1 N–H and O–H groups in total. The van der Waals surface area contributed by atoms with Gasteiger partial charge in [0.05, 0.1) is 0 Å². The van der Waals surface area contributed by atoms with Gasteiger partial charge in [-0.2, -0.15) is 0 Å². The number of nitrogens with one attached hydrogen (secondary N) is 1. The van der Waals surface area contributed by atoms with Gasteiger partial charge >= 0.3 is 0 Å². The average molecular weight is 236 g/mol. The zero-order valence-corrected chi connectivity index (χ0v) is 10.6. The molecule has 1 aromatic rings. The lowest BCUT2D eigenvalue weighted by Crippen LogP contribution is -2.40. The van der Waals surface area contributed by atoms with Crippen LogP contribution in [0.15, 0.2) is 0 Å². The fourth-order valence-electron chi connectivity index (χ4n) is 2.27. The number of amides is 1. The van der Waals surface area contributed by atoms with Crippen molar-refractivity contribution in [3.05, 3.63) is 11.6 Å². The van der Waals surface area contributed by atoms with Gasteiger partial charge in [-0.3, -0.25) is 9.89 Å². The third kappa shape index (κ3) is 2.65. The van der Waals surface area contributed by atoms with Crippen LogP contribution in [-0.4, -0.2) is 39.1 Å². The molecule has 1 atom stereocenters. The van der Waals surface area contributed by atoms with E-state index in [1.165, 1.54) is 6.42 Å². The van der Waals surface area contributed by atoms with Gasteiger partial charge in [-0.05, 0) is 18.8 Å². The molecular weight excluding hydrogens is 216 g/mol. The minimum Gasteiger partial charge on any atom is -0.336 e. The number of aromatic amines is 1. The molecule has 5 heteroatoms. The van der Waals surface area contributed by atoms with E-state index in [0.29, 0.717) is 11.7 Å². The lowest BCUT2D eigenvalue weighted by atomic mass is 9.95. The van der Waals surface area contributed by atoms with Crippen LogP contribution < -0.4 is 0 Å². The molecule has 0 aliphatic carbocycles. The van der Waals surface area contributed by atoms with Gasteiger partial charge in [-0.1, -0.05) is 20.3 Å². The fraction of sp³-hybridized carbons (Fsp3) is 0.750. The second-order valence-electron chi connectivity index (χ2n) is 4.63. The van der Waals surface area contributed by atoms with Crippen LogP contribution >= 0.6 is 0 Å². The molecule has 0 radical (unpaired) electrons. The number of H-pyrrole nitrogens is 1. The van der Waals surface area contributed by atoms with Crippen LogP contribution in [0.3, 0.4) is 0 Å². The van der Waals surface area contributed by atoms with Gasteiger partial charge in [-0.15, -0.1) is 5.10 Å². The number of hydrogen-bond acceptors (Lipinski definition) is 3. The number of hydrogen-bond donors (Lipinski definition) is 1. The largest absolute Gasteiger partial charge is 0.336 e. The highest BCUT2D eigenvalue weighted by Gasteiger charge is 2.25. The van der Waals surface area contributed by atoms with E-state index in [1.807, 2.05) is 11.8 Å². The molecule has 94 valence electrons. The molecule has 2 rings (SSSR count). The summed E-state index contributed by atoms with van der Waals surface area (Å²) >= 11 is 0. The summed E-state index contributed by atoms with van der Waals surface area (Å²) in [6.07, 6.45) is 4.24. The second kappa shape index (κ2) is 5.29. The molecule has 0 saturated carbocycles. The Morgan fingerprint density at radius 3 is 3.00 bits per heavy atom. The van der Waals surface area contributed by atoms with Crippen LogP contribution in [0, 0.1) is 5.92 Å².